The van der Waals surface area contributed by atoms with E-state index in [4.69, 9.17) is 14.6 Å². The summed E-state index contributed by atoms with van der Waals surface area (Å²) in [5.41, 5.74) is -0.241. The number of methoxy groups -OCH3 is 1. The third-order valence-corrected chi connectivity index (χ3v) is 1.24. The van der Waals surface area contributed by atoms with Crippen LogP contribution in [0.15, 0.2) is 0 Å². The first-order chi connectivity index (χ1) is 4.62. The number of rotatable bonds is 5. The average Bonchev–Trinajstić information content (AvgIpc) is 1.89. The summed E-state index contributed by atoms with van der Waals surface area (Å²) < 4.78 is 10.1. The molecule has 0 spiro atoms. The third kappa shape index (κ3) is 4.73. The van der Waals surface area contributed by atoms with E-state index in [9.17, 15) is 0 Å². The molecule has 10 heavy (non-hydrogen) atoms. The van der Waals surface area contributed by atoms with E-state index in [-0.39, 0.29) is 12.2 Å². The summed E-state index contributed by atoms with van der Waals surface area (Å²) in [5, 5.41) is 8.37. The molecule has 0 radical (unpaired) electrons. The van der Waals surface area contributed by atoms with Gasteiger partial charge in [0.25, 0.3) is 0 Å². The fourth-order valence-electron chi connectivity index (χ4n) is 0.441. The summed E-state index contributed by atoms with van der Waals surface area (Å²) in [5.74, 6) is 0. The van der Waals surface area contributed by atoms with Crippen molar-refractivity contribution in [3.63, 3.8) is 0 Å². The Hall–Kier alpha value is -0.120. The smallest absolute Gasteiger partial charge is 0.0855 e. The number of hydrogen-bond donors (Lipinski definition) is 1. The molecule has 0 atom stereocenters. The van der Waals surface area contributed by atoms with Crippen molar-refractivity contribution in [2.24, 2.45) is 0 Å². The van der Waals surface area contributed by atoms with Gasteiger partial charge in [0.05, 0.1) is 25.4 Å². The lowest BCUT2D eigenvalue weighted by Gasteiger charge is -2.21. The zero-order valence-electron chi connectivity index (χ0n) is 6.89. The minimum Gasteiger partial charge on any atom is -0.394 e. The Morgan fingerprint density at radius 1 is 1.40 bits per heavy atom. The van der Waals surface area contributed by atoms with Gasteiger partial charge >= 0.3 is 0 Å². The second kappa shape index (κ2) is 4.66. The predicted molar refractivity (Wildman–Crippen MR) is 39.0 cm³/mol. The van der Waals surface area contributed by atoms with Crippen LogP contribution in [0.4, 0.5) is 0 Å². The molecule has 0 saturated heterocycles. The second-order valence-corrected chi connectivity index (χ2v) is 2.74. The Labute approximate surface area is 62.0 Å². The zero-order valence-corrected chi connectivity index (χ0v) is 6.89. The molecule has 0 aromatic rings. The minimum atomic E-state index is -0.241. The predicted octanol–water partition coefficient (Wildman–Crippen LogP) is 0.420. The summed E-state index contributed by atoms with van der Waals surface area (Å²) in [4.78, 5) is 0. The lowest BCUT2D eigenvalue weighted by Crippen LogP contribution is -2.29. The lowest BCUT2D eigenvalue weighted by molar-refractivity contribution is -0.0560. The van der Waals surface area contributed by atoms with Crippen LogP contribution in [-0.4, -0.2) is 37.6 Å². The second-order valence-electron chi connectivity index (χ2n) is 2.74. The first kappa shape index (κ1) is 9.88. The number of aliphatic hydroxyl groups is 1. The molecular formula is C7H16O3. The van der Waals surface area contributed by atoms with Crippen molar-refractivity contribution in [3.8, 4) is 0 Å². The lowest BCUT2D eigenvalue weighted by atomic mass is 10.1. The van der Waals surface area contributed by atoms with Crippen molar-refractivity contribution < 1.29 is 14.6 Å². The maximum atomic E-state index is 8.37. The van der Waals surface area contributed by atoms with Crippen LogP contribution < -0.4 is 0 Å². The molecule has 1 N–H and O–H groups in total. The van der Waals surface area contributed by atoms with Crippen LogP contribution in [0.25, 0.3) is 0 Å². The molecule has 0 bridgehead atoms. The van der Waals surface area contributed by atoms with Gasteiger partial charge in [0.15, 0.2) is 0 Å². The SMILES string of the molecule is COC(C)(C)COCCO. The van der Waals surface area contributed by atoms with E-state index >= 15 is 0 Å². The Bertz CT molecular complexity index is 80.9. The van der Waals surface area contributed by atoms with E-state index in [1.165, 1.54) is 0 Å². The van der Waals surface area contributed by atoms with Gasteiger partial charge in [-0.05, 0) is 13.8 Å². The Balaban J connectivity index is 3.28. The van der Waals surface area contributed by atoms with Crippen LogP contribution >= 0.6 is 0 Å². The monoisotopic (exact) mass is 148 g/mol. The van der Waals surface area contributed by atoms with Gasteiger partial charge in [-0.1, -0.05) is 0 Å². The van der Waals surface area contributed by atoms with E-state index < -0.39 is 0 Å². The molecule has 3 heteroatoms. The van der Waals surface area contributed by atoms with Gasteiger partial charge in [-0.15, -0.1) is 0 Å². The standard InChI is InChI=1S/C7H16O3/c1-7(2,9-3)6-10-5-4-8/h8H,4-6H2,1-3H3. The first-order valence-electron chi connectivity index (χ1n) is 3.36. The highest BCUT2D eigenvalue weighted by molar-refractivity contribution is 4.65. The quantitative estimate of drug-likeness (QED) is 0.574. The van der Waals surface area contributed by atoms with E-state index in [0.717, 1.165) is 0 Å². The van der Waals surface area contributed by atoms with Crippen molar-refractivity contribution in [2.75, 3.05) is 26.9 Å². The van der Waals surface area contributed by atoms with Gasteiger partial charge in [-0.2, -0.15) is 0 Å². The molecule has 0 amide bonds. The average molecular weight is 148 g/mol. The fourth-order valence-corrected chi connectivity index (χ4v) is 0.441. The Morgan fingerprint density at radius 3 is 2.40 bits per heavy atom. The van der Waals surface area contributed by atoms with Gasteiger partial charge < -0.3 is 14.6 Å². The highest BCUT2D eigenvalue weighted by Gasteiger charge is 2.15. The highest BCUT2D eigenvalue weighted by Crippen LogP contribution is 2.06. The van der Waals surface area contributed by atoms with Crippen molar-refractivity contribution in [1.82, 2.24) is 0 Å². The van der Waals surface area contributed by atoms with Crippen LogP contribution in [0.5, 0.6) is 0 Å². The molecule has 3 nitrogen and oxygen atoms in total. The molecule has 0 rings (SSSR count). The summed E-state index contributed by atoms with van der Waals surface area (Å²) >= 11 is 0. The van der Waals surface area contributed by atoms with Crippen LogP contribution in [0.2, 0.25) is 0 Å². The Kier molecular flexibility index (Phi) is 4.60. The van der Waals surface area contributed by atoms with Gasteiger partial charge in [0, 0.05) is 7.11 Å². The molecule has 0 aliphatic carbocycles. The van der Waals surface area contributed by atoms with E-state index in [1.807, 2.05) is 13.8 Å². The summed E-state index contributed by atoms with van der Waals surface area (Å²) in [7, 11) is 1.64. The van der Waals surface area contributed by atoms with Gasteiger partial charge in [-0.25, -0.2) is 0 Å². The van der Waals surface area contributed by atoms with Crippen molar-refractivity contribution in [1.29, 1.82) is 0 Å². The van der Waals surface area contributed by atoms with Crippen LogP contribution in [0, 0.1) is 0 Å². The van der Waals surface area contributed by atoms with Crippen molar-refractivity contribution in [2.45, 2.75) is 19.4 Å². The molecule has 62 valence electrons. The van der Waals surface area contributed by atoms with Gasteiger partial charge in [-0.3, -0.25) is 0 Å². The topological polar surface area (TPSA) is 38.7 Å². The molecule has 0 aliphatic heterocycles. The van der Waals surface area contributed by atoms with Crippen molar-refractivity contribution in [3.05, 3.63) is 0 Å². The van der Waals surface area contributed by atoms with E-state index in [2.05, 4.69) is 0 Å². The molecule has 0 unspecified atom stereocenters. The van der Waals surface area contributed by atoms with E-state index in [1.54, 1.807) is 7.11 Å². The molecular weight excluding hydrogens is 132 g/mol. The molecule has 0 aromatic heterocycles. The maximum Gasteiger partial charge on any atom is 0.0855 e. The number of hydrogen-bond acceptors (Lipinski definition) is 3. The van der Waals surface area contributed by atoms with Crippen LogP contribution in [0.3, 0.4) is 0 Å². The molecule has 0 saturated carbocycles. The van der Waals surface area contributed by atoms with Gasteiger partial charge in [0.2, 0.25) is 0 Å². The number of aliphatic hydroxyl groups excluding tert-OH is 1. The maximum absolute atomic E-state index is 8.37. The summed E-state index contributed by atoms with van der Waals surface area (Å²) in [6.45, 7) is 4.84. The highest BCUT2D eigenvalue weighted by atomic mass is 16.5. The summed E-state index contributed by atoms with van der Waals surface area (Å²) in [6, 6.07) is 0. The molecule has 0 fully saturated rings. The Morgan fingerprint density at radius 2 is 2.00 bits per heavy atom. The number of ether oxygens (including phenoxy) is 2. The normalized spacial score (nSPS) is 12.0. The third-order valence-electron chi connectivity index (χ3n) is 1.24. The summed E-state index contributed by atoms with van der Waals surface area (Å²) in [6.07, 6.45) is 0. The van der Waals surface area contributed by atoms with E-state index in [0.29, 0.717) is 13.2 Å². The van der Waals surface area contributed by atoms with Crippen LogP contribution in [-0.2, 0) is 9.47 Å². The minimum absolute atomic E-state index is 0.0692. The van der Waals surface area contributed by atoms with Crippen molar-refractivity contribution >= 4 is 0 Å². The van der Waals surface area contributed by atoms with Gasteiger partial charge in [0.1, 0.15) is 0 Å². The van der Waals surface area contributed by atoms with Crippen LogP contribution in [0.1, 0.15) is 13.8 Å². The fraction of sp³-hybridized carbons (Fsp3) is 1.00. The molecule has 0 aromatic carbocycles. The zero-order chi connectivity index (χ0) is 8.04. The molecule has 0 heterocycles. The molecule has 0 aliphatic rings. The largest absolute Gasteiger partial charge is 0.394 e. The first-order valence-corrected chi connectivity index (χ1v) is 3.36.